The highest BCUT2D eigenvalue weighted by Crippen LogP contribution is 2.46. The molecule has 0 N–H and O–H groups in total. The minimum absolute atomic E-state index is 0.329. The van der Waals surface area contributed by atoms with Gasteiger partial charge in [-0.15, -0.1) is 0 Å². The number of rotatable bonds is 1. The summed E-state index contributed by atoms with van der Waals surface area (Å²) in [6, 6.07) is 14.9. The van der Waals surface area contributed by atoms with Crippen molar-refractivity contribution in [3.8, 4) is 0 Å². The number of aryl methyl sites for hydroxylation is 2. The van der Waals surface area contributed by atoms with E-state index in [1.54, 1.807) is 6.92 Å². The second kappa shape index (κ2) is 4.73. The lowest BCUT2D eigenvalue weighted by atomic mass is 9.73. The lowest BCUT2D eigenvalue weighted by Gasteiger charge is -2.34. The van der Waals surface area contributed by atoms with Gasteiger partial charge in [-0.3, -0.25) is 0 Å². The van der Waals surface area contributed by atoms with Crippen molar-refractivity contribution in [1.29, 1.82) is 0 Å². The number of fused-ring (bicyclic) bond motifs is 1. The molecule has 0 bridgehead atoms. The maximum atomic E-state index is 14.8. The van der Waals surface area contributed by atoms with Gasteiger partial charge in [0.2, 0.25) is 0 Å². The van der Waals surface area contributed by atoms with Gasteiger partial charge in [0.15, 0.2) is 0 Å². The van der Waals surface area contributed by atoms with E-state index in [9.17, 15) is 4.39 Å². The Morgan fingerprint density at radius 2 is 1.65 bits per heavy atom. The predicted molar refractivity (Wildman–Crippen MR) is 81.9 cm³/mol. The Bertz CT molecular complexity index is 623. The Morgan fingerprint density at radius 1 is 1.00 bits per heavy atom. The van der Waals surface area contributed by atoms with Crippen molar-refractivity contribution in [1.82, 2.24) is 0 Å². The zero-order valence-corrected chi connectivity index (χ0v) is 12.4. The van der Waals surface area contributed by atoms with Crippen LogP contribution in [0, 0.1) is 13.8 Å². The molecule has 1 aliphatic rings. The molecule has 0 spiro atoms. The summed E-state index contributed by atoms with van der Waals surface area (Å²) >= 11 is 0. The first-order valence-electron chi connectivity index (χ1n) is 7.34. The van der Waals surface area contributed by atoms with Gasteiger partial charge >= 0.3 is 0 Å². The van der Waals surface area contributed by atoms with Gasteiger partial charge in [-0.05, 0) is 50.3 Å². The number of hydrogen-bond acceptors (Lipinski definition) is 0. The topological polar surface area (TPSA) is 0 Å². The third kappa shape index (κ3) is 2.26. The van der Waals surface area contributed by atoms with Crippen molar-refractivity contribution >= 4 is 0 Å². The average Bonchev–Trinajstić information content (AvgIpc) is 2.41. The van der Waals surface area contributed by atoms with Crippen LogP contribution in [0.3, 0.4) is 0 Å². The molecule has 104 valence electrons. The van der Waals surface area contributed by atoms with E-state index < -0.39 is 5.67 Å². The molecule has 0 aliphatic heterocycles. The third-order valence-electron chi connectivity index (χ3n) is 4.53. The highest BCUT2D eigenvalue weighted by molar-refractivity contribution is 5.45. The molecule has 0 amide bonds. The zero-order valence-electron chi connectivity index (χ0n) is 12.4. The molecule has 0 fully saturated rings. The molecule has 2 atom stereocenters. The summed E-state index contributed by atoms with van der Waals surface area (Å²) in [4.78, 5) is 0. The molecule has 0 saturated carbocycles. The minimum Gasteiger partial charge on any atom is -0.239 e. The van der Waals surface area contributed by atoms with E-state index in [1.807, 2.05) is 13.0 Å². The van der Waals surface area contributed by atoms with Crippen LogP contribution in [0.5, 0.6) is 0 Å². The van der Waals surface area contributed by atoms with Crippen LogP contribution in [0.2, 0.25) is 0 Å². The molecule has 0 heterocycles. The highest BCUT2D eigenvalue weighted by atomic mass is 19.1. The average molecular weight is 268 g/mol. The first-order valence-corrected chi connectivity index (χ1v) is 7.34. The largest absolute Gasteiger partial charge is 0.239 e. The Morgan fingerprint density at radius 3 is 2.35 bits per heavy atom. The van der Waals surface area contributed by atoms with Gasteiger partial charge < -0.3 is 0 Å². The van der Waals surface area contributed by atoms with E-state index in [2.05, 4.69) is 43.3 Å². The van der Waals surface area contributed by atoms with Crippen LogP contribution in [-0.4, -0.2) is 0 Å². The van der Waals surface area contributed by atoms with Crippen LogP contribution in [0.4, 0.5) is 4.39 Å². The van der Waals surface area contributed by atoms with Crippen LogP contribution >= 0.6 is 0 Å². The monoisotopic (exact) mass is 268 g/mol. The van der Waals surface area contributed by atoms with E-state index >= 15 is 0 Å². The lowest BCUT2D eigenvalue weighted by Crippen LogP contribution is -2.25. The fourth-order valence-corrected chi connectivity index (χ4v) is 3.28. The highest BCUT2D eigenvalue weighted by Gasteiger charge is 2.36. The number of benzene rings is 2. The molecule has 2 aromatic rings. The summed E-state index contributed by atoms with van der Waals surface area (Å²) in [5, 5.41) is 0. The Hall–Kier alpha value is -1.63. The van der Waals surface area contributed by atoms with E-state index in [0.29, 0.717) is 12.3 Å². The number of hydrogen-bond donors (Lipinski definition) is 0. The molecular weight excluding hydrogens is 247 g/mol. The molecule has 1 heteroatoms. The van der Waals surface area contributed by atoms with Crippen molar-refractivity contribution in [3.05, 3.63) is 70.3 Å². The summed E-state index contributed by atoms with van der Waals surface area (Å²) in [5.41, 5.74) is 4.56. The fourth-order valence-electron chi connectivity index (χ4n) is 3.28. The second-order valence-corrected chi connectivity index (χ2v) is 6.29. The van der Waals surface area contributed by atoms with Gasteiger partial charge in [0.05, 0.1) is 0 Å². The Balaban J connectivity index is 2.10. The van der Waals surface area contributed by atoms with Crippen molar-refractivity contribution in [2.45, 2.75) is 45.2 Å². The fraction of sp³-hybridized carbons (Fsp3) is 0.368. The van der Waals surface area contributed by atoms with Crippen LogP contribution in [0.25, 0.3) is 0 Å². The van der Waals surface area contributed by atoms with Gasteiger partial charge in [0.25, 0.3) is 0 Å². The van der Waals surface area contributed by atoms with E-state index in [1.165, 1.54) is 11.1 Å². The van der Waals surface area contributed by atoms with Crippen molar-refractivity contribution in [2.75, 3.05) is 0 Å². The van der Waals surface area contributed by atoms with Crippen LogP contribution in [-0.2, 0) is 5.67 Å². The van der Waals surface area contributed by atoms with Crippen molar-refractivity contribution in [3.63, 3.8) is 0 Å². The first-order chi connectivity index (χ1) is 9.47. The maximum Gasteiger partial charge on any atom is 0.133 e. The van der Waals surface area contributed by atoms with Gasteiger partial charge in [0.1, 0.15) is 5.67 Å². The Kier molecular flexibility index (Phi) is 3.16. The molecule has 20 heavy (non-hydrogen) atoms. The van der Waals surface area contributed by atoms with Crippen LogP contribution in [0.15, 0.2) is 42.5 Å². The standard InChI is InChI=1S/C19H21F/c1-13-4-7-15(8-5-13)16-10-11-19(3,20)18-12-14(2)6-9-17(16)18/h4-9,12,16H,10-11H2,1-3H3/t16-,19?/m0/s1. The predicted octanol–water partition coefficient (Wildman–Crippen LogP) is 5.41. The maximum absolute atomic E-state index is 14.8. The molecule has 0 radical (unpaired) electrons. The molecule has 0 aromatic heterocycles. The SMILES string of the molecule is Cc1ccc([C@@H]2CCC(C)(F)c3cc(C)ccc32)cc1. The van der Waals surface area contributed by atoms with Crippen molar-refractivity contribution < 1.29 is 4.39 Å². The second-order valence-electron chi connectivity index (χ2n) is 6.29. The van der Waals surface area contributed by atoms with Crippen LogP contribution < -0.4 is 0 Å². The zero-order chi connectivity index (χ0) is 14.3. The number of alkyl halides is 1. The molecule has 0 saturated heterocycles. The molecule has 3 rings (SSSR count). The van der Waals surface area contributed by atoms with Gasteiger partial charge in [-0.2, -0.15) is 0 Å². The summed E-state index contributed by atoms with van der Waals surface area (Å²) in [6.07, 6.45) is 1.48. The van der Waals surface area contributed by atoms with Crippen molar-refractivity contribution in [2.24, 2.45) is 0 Å². The molecule has 2 aromatic carbocycles. The Labute approximate surface area is 120 Å². The number of halogens is 1. The lowest BCUT2D eigenvalue weighted by molar-refractivity contribution is 0.157. The van der Waals surface area contributed by atoms with Gasteiger partial charge in [-0.25, -0.2) is 4.39 Å². The molecule has 0 nitrogen and oxygen atoms in total. The van der Waals surface area contributed by atoms with E-state index in [4.69, 9.17) is 0 Å². The molecule has 1 unspecified atom stereocenters. The summed E-state index contributed by atoms with van der Waals surface area (Å²) in [7, 11) is 0. The summed E-state index contributed by atoms with van der Waals surface area (Å²) in [6.45, 7) is 5.85. The van der Waals surface area contributed by atoms with Crippen LogP contribution in [0.1, 0.15) is 53.5 Å². The smallest absolute Gasteiger partial charge is 0.133 e. The molecule has 1 aliphatic carbocycles. The first kappa shape index (κ1) is 13.4. The third-order valence-corrected chi connectivity index (χ3v) is 4.53. The minimum atomic E-state index is -1.19. The summed E-state index contributed by atoms with van der Waals surface area (Å²) < 4.78 is 14.8. The molecular formula is C19H21F. The summed E-state index contributed by atoms with van der Waals surface area (Å²) in [5.74, 6) is 0.329. The van der Waals surface area contributed by atoms with Gasteiger partial charge in [0, 0.05) is 5.92 Å². The quantitative estimate of drug-likeness (QED) is 0.648. The van der Waals surface area contributed by atoms with E-state index in [0.717, 1.165) is 23.1 Å². The van der Waals surface area contributed by atoms with E-state index in [-0.39, 0.29) is 0 Å². The normalized spacial score (nSPS) is 25.3. The van der Waals surface area contributed by atoms with Gasteiger partial charge in [-0.1, -0.05) is 53.6 Å².